The number of aromatic nitrogens is 1. The van der Waals surface area contributed by atoms with E-state index < -0.39 is 65.3 Å². The van der Waals surface area contributed by atoms with Gasteiger partial charge in [-0.3, -0.25) is 14.6 Å². The second-order valence-electron chi connectivity index (χ2n) is 8.63. The number of anilines is 2. The zero-order chi connectivity index (χ0) is 26.0. The molecule has 10 heteroatoms. The number of pyridine rings is 1. The molecule has 2 N–H and O–H groups in total. The van der Waals surface area contributed by atoms with Crippen molar-refractivity contribution in [1.82, 2.24) is 4.98 Å². The largest absolute Gasteiger partial charge is 0.370 e. The molecule has 0 spiro atoms. The van der Waals surface area contributed by atoms with E-state index in [-0.39, 0.29) is 0 Å². The average molecular weight is 498 g/mol. The molecule has 4 rings (SSSR count). The summed E-state index contributed by atoms with van der Waals surface area (Å²) in [7, 11) is 0. The van der Waals surface area contributed by atoms with Crippen LogP contribution in [0.25, 0.3) is 0 Å². The lowest BCUT2D eigenvalue weighted by molar-refractivity contribution is -0.124. The van der Waals surface area contributed by atoms with E-state index in [0.717, 1.165) is 5.56 Å². The quantitative estimate of drug-likeness (QED) is 0.359. The number of hydrogen-bond acceptors (Lipinski definition) is 5. The van der Waals surface area contributed by atoms with Crippen LogP contribution in [0.2, 0.25) is 0 Å². The summed E-state index contributed by atoms with van der Waals surface area (Å²) in [5.41, 5.74) is 1.26. The third-order valence-corrected chi connectivity index (χ3v) is 5.78. The maximum atomic E-state index is 14.2. The highest BCUT2D eigenvalue weighted by molar-refractivity contribution is 6.20. The number of Topliss-reactive ketones (excluding diaryl/α,β-unsaturated/α-hetero) is 1. The number of rotatable bonds is 7. The van der Waals surface area contributed by atoms with Crippen LogP contribution in [0.3, 0.4) is 0 Å². The fourth-order valence-electron chi connectivity index (χ4n) is 3.97. The van der Waals surface area contributed by atoms with Gasteiger partial charge in [0.2, 0.25) is 17.5 Å². The van der Waals surface area contributed by atoms with Crippen molar-refractivity contribution in [1.29, 1.82) is 0 Å². The Balaban J connectivity index is 1.68. The van der Waals surface area contributed by atoms with Gasteiger partial charge in [-0.1, -0.05) is 62.4 Å². The molecule has 0 saturated carbocycles. The second-order valence-corrected chi connectivity index (χ2v) is 8.63. The molecule has 0 aliphatic carbocycles. The van der Waals surface area contributed by atoms with Gasteiger partial charge < -0.3 is 10.6 Å². The number of fused-ring (bicyclic) bond motifs is 1. The van der Waals surface area contributed by atoms with Crippen molar-refractivity contribution >= 4 is 28.8 Å². The number of halogens is 4. The van der Waals surface area contributed by atoms with Gasteiger partial charge in [0.05, 0.1) is 17.4 Å². The Morgan fingerprint density at radius 2 is 1.58 bits per heavy atom. The van der Waals surface area contributed by atoms with Gasteiger partial charge in [0.1, 0.15) is 11.7 Å². The van der Waals surface area contributed by atoms with E-state index in [2.05, 4.69) is 20.6 Å². The SMILES string of the molecule is CC(C)[C@@H](Nc1c(F)c(F)nc(F)c1F)C(=O)CC1N=C(c2ccccc2)c2ccccc2NC1=O. The van der Waals surface area contributed by atoms with Crippen molar-refractivity contribution in [3.05, 3.63) is 89.3 Å². The van der Waals surface area contributed by atoms with Crippen LogP contribution in [0.4, 0.5) is 28.9 Å². The monoisotopic (exact) mass is 498 g/mol. The first-order valence-electron chi connectivity index (χ1n) is 11.2. The standard InChI is InChI=1S/C26H22F4N4O2/c1-13(2)21(33-23-19(27)24(29)34-25(30)20(23)28)18(35)12-17-26(36)32-16-11-7-6-10-15(16)22(31-17)14-8-4-3-5-9-14/h3-11,13,17,21H,12H2,1-2H3,(H,32,36)(H,33,34)/t17?,21-/m1/s1. The van der Waals surface area contributed by atoms with Crippen LogP contribution in [0.5, 0.6) is 0 Å². The van der Waals surface area contributed by atoms with E-state index in [1.807, 2.05) is 30.3 Å². The molecule has 186 valence electrons. The van der Waals surface area contributed by atoms with Gasteiger partial charge in [0.25, 0.3) is 11.9 Å². The average Bonchev–Trinajstić information content (AvgIpc) is 2.99. The molecule has 1 amide bonds. The maximum absolute atomic E-state index is 14.2. The van der Waals surface area contributed by atoms with Crippen molar-refractivity contribution in [3.8, 4) is 0 Å². The molecule has 0 bridgehead atoms. The molecule has 2 atom stereocenters. The van der Waals surface area contributed by atoms with E-state index in [1.54, 1.807) is 38.1 Å². The van der Waals surface area contributed by atoms with Crippen LogP contribution in [0.15, 0.2) is 59.6 Å². The van der Waals surface area contributed by atoms with Crippen LogP contribution < -0.4 is 10.6 Å². The second kappa shape index (κ2) is 10.3. The Kier molecular flexibility index (Phi) is 7.14. The minimum absolute atomic E-state index is 0.425. The molecule has 1 aliphatic rings. The van der Waals surface area contributed by atoms with Gasteiger partial charge in [-0.2, -0.15) is 22.5 Å². The number of benzodiazepines with no additional fused rings is 1. The number of hydrogen-bond donors (Lipinski definition) is 2. The molecule has 0 radical (unpaired) electrons. The van der Waals surface area contributed by atoms with Crippen molar-refractivity contribution in [2.24, 2.45) is 10.9 Å². The predicted octanol–water partition coefficient (Wildman–Crippen LogP) is 4.89. The molecular weight excluding hydrogens is 476 g/mol. The number of carbonyl (C=O) groups excluding carboxylic acids is 2. The summed E-state index contributed by atoms with van der Waals surface area (Å²) >= 11 is 0. The first-order chi connectivity index (χ1) is 17.2. The lowest BCUT2D eigenvalue weighted by Gasteiger charge is -2.24. The molecule has 6 nitrogen and oxygen atoms in total. The number of para-hydroxylation sites is 1. The Bertz CT molecular complexity index is 1320. The molecule has 0 fully saturated rings. The van der Waals surface area contributed by atoms with E-state index in [0.29, 0.717) is 17.0 Å². The van der Waals surface area contributed by atoms with Gasteiger partial charge in [0.15, 0.2) is 5.78 Å². The number of aliphatic imine (C=N–C) groups is 1. The van der Waals surface area contributed by atoms with Gasteiger partial charge >= 0.3 is 0 Å². The smallest absolute Gasteiger partial charge is 0.253 e. The maximum Gasteiger partial charge on any atom is 0.253 e. The molecule has 2 heterocycles. The molecule has 2 aromatic carbocycles. The summed E-state index contributed by atoms with van der Waals surface area (Å²) in [4.78, 5) is 33.4. The minimum atomic E-state index is -1.84. The highest BCUT2D eigenvalue weighted by atomic mass is 19.2. The number of ketones is 1. The van der Waals surface area contributed by atoms with Crippen molar-refractivity contribution in [3.63, 3.8) is 0 Å². The van der Waals surface area contributed by atoms with Crippen LogP contribution >= 0.6 is 0 Å². The highest BCUT2D eigenvalue weighted by Gasteiger charge is 2.33. The summed E-state index contributed by atoms with van der Waals surface area (Å²) in [6, 6.07) is 13.7. The van der Waals surface area contributed by atoms with Gasteiger partial charge in [0, 0.05) is 17.5 Å². The first kappa shape index (κ1) is 25.0. The Hall–Kier alpha value is -4.08. The van der Waals surface area contributed by atoms with Crippen LogP contribution in [0.1, 0.15) is 31.4 Å². The Labute approximate surface area is 204 Å². The third-order valence-electron chi connectivity index (χ3n) is 5.78. The summed E-state index contributed by atoms with van der Waals surface area (Å²) in [5, 5.41) is 5.05. The van der Waals surface area contributed by atoms with Gasteiger partial charge in [-0.05, 0) is 12.0 Å². The normalized spacial score (nSPS) is 16.0. The molecule has 3 aromatic rings. The zero-order valence-corrected chi connectivity index (χ0v) is 19.4. The predicted molar refractivity (Wildman–Crippen MR) is 127 cm³/mol. The lowest BCUT2D eigenvalue weighted by atomic mass is 9.94. The number of nitrogens with zero attached hydrogens (tertiary/aromatic N) is 2. The van der Waals surface area contributed by atoms with Gasteiger partial charge in [-0.15, -0.1) is 0 Å². The lowest BCUT2D eigenvalue weighted by Crippen LogP contribution is -2.39. The molecule has 1 aliphatic heterocycles. The summed E-state index contributed by atoms with van der Waals surface area (Å²) in [6.45, 7) is 3.17. The minimum Gasteiger partial charge on any atom is -0.370 e. The van der Waals surface area contributed by atoms with Crippen LogP contribution in [-0.4, -0.2) is 34.5 Å². The van der Waals surface area contributed by atoms with Crippen molar-refractivity contribution < 1.29 is 27.2 Å². The molecule has 36 heavy (non-hydrogen) atoms. The molecule has 1 aromatic heterocycles. The summed E-state index contributed by atoms with van der Waals surface area (Å²) in [5.74, 6) is -8.90. The molecule has 1 unspecified atom stereocenters. The molecule has 0 saturated heterocycles. The number of benzene rings is 2. The van der Waals surface area contributed by atoms with Crippen LogP contribution in [0, 0.1) is 29.4 Å². The number of carbonyl (C=O) groups is 2. The zero-order valence-electron chi connectivity index (χ0n) is 19.4. The van der Waals surface area contributed by atoms with Crippen LogP contribution in [-0.2, 0) is 9.59 Å². The van der Waals surface area contributed by atoms with E-state index in [9.17, 15) is 27.2 Å². The summed E-state index contributed by atoms with van der Waals surface area (Å²) in [6.07, 6.45) is -0.425. The van der Waals surface area contributed by atoms with E-state index >= 15 is 0 Å². The van der Waals surface area contributed by atoms with E-state index in [1.165, 1.54) is 0 Å². The topological polar surface area (TPSA) is 83.4 Å². The Morgan fingerprint density at radius 1 is 0.972 bits per heavy atom. The molecular formula is C26H22F4N4O2. The third kappa shape index (κ3) is 4.98. The van der Waals surface area contributed by atoms with E-state index in [4.69, 9.17) is 0 Å². The Morgan fingerprint density at radius 3 is 2.22 bits per heavy atom. The fraction of sp³-hybridized carbons (Fsp3) is 0.231. The number of nitrogens with one attached hydrogen (secondary N) is 2. The van der Waals surface area contributed by atoms with Crippen molar-refractivity contribution in [2.45, 2.75) is 32.4 Å². The summed E-state index contributed by atoms with van der Waals surface area (Å²) < 4.78 is 55.6. The highest BCUT2D eigenvalue weighted by Crippen LogP contribution is 2.27. The van der Waals surface area contributed by atoms with Crippen molar-refractivity contribution in [2.75, 3.05) is 10.6 Å². The van der Waals surface area contributed by atoms with Gasteiger partial charge in [-0.25, -0.2) is 0 Å². The number of amides is 1. The first-order valence-corrected chi connectivity index (χ1v) is 11.2. The fourth-order valence-corrected chi connectivity index (χ4v) is 3.97.